The third-order valence-electron chi connectivity index (χ3n) is 2.31. The van der Waals surface area contributed by atoms with Crippen molar-refractivity contribution in [3.63, 3.8) is 0 Å². The Morgan fingerprint density at radius 2 is 2.29 bits per heavy atom. The van der Waals surface area contributed by atoms with E-state index in [4.69, 9.17) is 10.00 Å². The predicted octanol–water partition coefficient (Wildman–Crippen LogP) is 2.43. The first-order chi connectivity index (χ1) is 8.24. The van der Waals surface area contributed by atoms with Crippen molar-refractivity contribution in [2.45, 2.75) is 20.3 Å². The summed E-state index contributed by atoms with van der Waals surface area (Å²) in [5.74, 6) is 1.30. The van der Waals surface area contributed by atoms with Crippen LogP contribution in [0.15, 0.2) is 18.3 Å². The lowest BCUT2D eigenvalue weighted by molar-refractivity contribution is 0.132. The molecule has 0 saturated heterocycles. The number of rotatable bonds is 7. The molecule has 17 heavy (non-hydrogen) atoms. The van der Waals surface area contributed by atoms with Gasteiger partial charge in [0, 0.05) is 19.3 Å². The normalized spacial score (nSPS) is 10.2. The molecule has 4 heteroatoms. The molecule has 0 spiro atoms. The van der Waals surface area contributed by atoms with Gasteiger partial charge in [-0.25, -0.2) is 4.98 Å². The summed E-state index contributed by atoms with van der Waals surface area (Å²) in [6.45, 7) is 6.44. The Hall–Kier alpha value is -1.60. The van der Waals surface area contributed by atoms with Gasteiger partial charge in [0.25, 0.3) is 0 Å². The van der Waals surface area contributed by atoms with E-state index in [1.165, 1.54) is 0 Å². The van der Waals surface area contributed by atoms with Gasteiger partial charge in [0.1, 0.15) is 11.9 Å². The topological polar surface area (TPSA) is 57.9 Å². The van der Waals surface area contributed by atoms with Crippen LogP contribution in [0, 0.1) is 17.2 Å². The summed E-state index contributed by atoms with van der Waals surface area (Å²) in [6.07, 6.45) is 2.75. The van der Waals surface area contributed by atoms with Crippen LogP contribution in [0.3, 0.4) is 0 Å². The van der Waals surface area contributed by atoms with Crippen LogP contribution >= 0.6 is 0 Å². The zero-order chi connectivity index (χ0) is 12.5. The van der Waals surface area contributed by atoms with Crippen LogP contribution < -0.4 is 5.32 Å². The molecule has 0 aromatic carbocycles. The van der Waals surface area contributed by atoms with Crippen LogP contribution in [-0.4, -0.2) is 24.7 Å². The smallest absolute Gasteiger partial charge is 0.143 e. The number of hydrogen-bond donors (Lipinski definition) is 1. The van der Waals surface area contributed by atoms with Crippen LogP contribution in [0.5, 0.6) is 0 Å². The fourth-order valence-corrected chi connectivity index (χ4v) is 1.30. The summed E-state index contributed by atoms with van der Waals surface area (Å²) in [7, 11) is 0. The summed E-state index contributed by atoms with van der Waals surface area (Å²) in [6, 6.07) is 5.59. The lowest BCUT2D eigenvalue weighted by Crippen LogP contribution is -2.12. The quantitative estimate of drug-likeness (QED) is 0.735. The Labute approximate surface area is 103 Å². The van der Waals surface area contributed by atoms with Gasteiger partial charge in [-0.2, -0.15) is 5.26 Å². The van der Waals surface area contributed by atoms with Crippen LogP contribution in [-0.2, 0) is 4.74 Å². The van der Waals surface area contributed by atoms with E-state index in [1.54, 1.807) is 18.3 Å². The van der Waals surface area contributed by atoms with Crippen molar-refractivity contribution in [3.05, 3.63) is 23.9 Å². The number of ether oxygens (including phenoxy) is 1. The van der Waals surface area contributed by atoms with E-state index in [9.17, 15) is 0 Å². The maximum Gasteiger partial charge on any atom is 0.143 e. The summed E-state index contributed by atoms with van der Waals surface area (Å²) >= 11 is 0. The number of aromatic nitrogens is 1. The Morgan fingerprint density at radius 3 is 3.00 bits per heavy atom. The van der Waals surface area contributed by atoms with Gasteiger partial charge >= 0.3 is 0 Å². The minimum Gasteiger partial charge on any atom is -0.380 e. The molecule has 0 fully saturated rings. The van der Waals surface area contributed by atoms with Gasteiger partial charge in [0.05, 0.1) is 12.2 Å². The van der Waals surface area contributed by atoms with Crippen LogP contribution in [0.1, 0.15) is 25.8 Å². The Bertz CT molecular complexity index is 371. The highest BCUT2D eigenvalue weighted by Crippen LogP contribution is 2.08. The first kappa shape index (κ1) is 13.5. The van der Waals surface area contributed by atoms with Crippen molar-refractivity contribution in [2.75, 3.05) is 25.1 Å². The van der Waals surface area contributed by atoms with Crippen molar-refractivity contribution in [2.24, 2.45) is 5.92 Å². The van der Waals surface area contributed by atoms with Gasteiger partial charge in [0.15, 0.2) is 0 Å². The number of nitriles is 1. The van der Waals surface area contributed by atoms with Gasteiger partial charge in [-0.15, -0.1) is 0 Å². The molecule has 0 aliphatic heterocycles. The SMILES string of the molecule is CC(C)CCOCCNc1ncccc1C#N. The van der Waals surface area contributed by atoms with E-state index in [1.807, 2.05) is 0 Å². The largest absolute Gasteiger partial charge is 0.380 e. The highest BCUT2D eigenvalue weighted by Gasteiger charge is 2.00. The van der Waals surface area contributed by atoms with Crippen LogP contribution in [0.4, 0.5) is 5.82 Å². The van der Waals surface area contributed by atoms with E-state index in [0.717, 1.165) is 13.0 Å². The monoisotopic (exact) mass is 233 g/mol. The first-order valence-electron chi connectivity index (χ1n) is 5.90. The molecule has 1 N–H and O–H groups in total. The van der Waals surface area contributed by atoms with Gasteiger partial charge in [-0.3, -0.25) is 0 Å². The van der Waals surface area contributed by atoms with Gasteiger partial charge in [-0.05, 0) is 24.5 Å². The first-order valence-corrected chi connectivity index (χ1v) is 5.90. The fraction of sp³-hybridized carbons (Fsp3) is 0.538. The van der Waals surface area contributed by atoms with E-state index in [2.05, 4.69) is 30.2 Å². The molecule has 0 saturated carbocycles. The average Bonchev–Trinajstić information content (AvgIpc) is 2.33. The maximum absolute atomic E-state index is 8.86. The second-order valence-corrected chi connectivity index (χ2v) is 4.23. The summed E-state index contributed by atoms with van der Waals surface area (Å²) in [4.78, 5) is 4.11. The Kier molecular flexibility index (Phi) is 6.05. The number of nitrogens with zero attached hydrogens (tertiary/aromatic N) is 2. The molecule has 1 aromatic heterocycles. The molecule has 0 radical (unpaired) electrons. The minimum absolute atomic E-state index is 0.565. The van der Waals surface area contributed by atoms with Gasteiger partial charge in [-0.1, -0.05) is 13.8 Å². The molecule has 1 rings (SSSR count). The fourth-order valence-electron chi connectivity index (χ4n) is 1.30. The lowest BCUT2D eigenvalue weighted by Gasteiger charge is -2.08. The highest BCUT2D eigenvalue weighted by atomic mass is 16.5. The third kappa shape index (κ3) is 5.32. The molecule has 0 bridgehead atoms. The number of anilines is 1. The highest BCUT2D eigenvalue weighted by molar-refractivity contribution is 5.50. The number of nitrogens with one attached hydrogen (secondary N) is 1. The zero-order valence-electron chi connectivity index (χ0n) is 10.4. The predicted molar refractivity (Wildman–Crippen MR) is 67.7 cm³/mol. The standard InChI is InChI=1S/C13H19N3O/c1-11(2)5-8-17-9-7-16-13-12(10-14)4-3-6-15-13/h3-4,6,11H,5,7-9H2,1-2H3,(H,15,16). The number of hydrogen-bond acceptors (Lipinski definition) is 4. The molecule has 4 nitrogen and oxygen atoms in total. The molecule has 0 aliphatic rings. The number of pyridine rings is 1. The Balaban J connectivity index is 2.20. The molecule has 1 aromatic rings. The van der Waals surface area contributed by atoms with Gasteiger partial charge in [0.2, 0.25) is 0 Å². The zero-order valence-corrected chi connectivity index (χ0v) is 10.4. The second-order valence-electron chi connectivity index (χ2n) is 4.23. The van der Waals surface area contributed by atoms with Crippen molar-refractivity contribution >= 4 is 5.82 Å². The molecule has 0 unspecified atom stereocenters. The molecular formula is C13H19N3O. The molecular weight excluding hydrogens is 214 g/mol. The van der Waals surface area contributed by atoms with Crippen molar-refractivity contribution in [1.29, 1.82) is 5.26 Å². The molecule has 0 atom stereocenters. The van der Waals surface area contributed by atoms with Crippen LogP contribution in [0.25, 0.3) is 0 Å². The molecule has 0 aliphatic carbocycles. The van der Waals surface area contributed by atoms with Crippen LogP contribution in [0.2, 0.25) is 0 Å². The lowest BCUT2D eigenvalue weighted by atomic mass is 10.1. The summed E-state index contributed by atoms with van der Waals surface area (Å²) in [5, 5.41) is 12.0. The minimum atomic E-state index is 0.565. The van der Waals surface area contributed by atoms with E-state index in [-0.39, 0.29) is 0 Å². The van der Waals surface area contributed by atoms with Crippen molar-refractivity contribution in [3.8, 4) is 6.07 Å². The van der Waals surface area contributed by atoms with E-state index >= 15 is 0 Å². The Morgan fingerprint density at radius 1 is 1.47 bits per heavy atom. The summed E-state index contributed by atoms with van der Waals surface area (Å²) < 4.78 is 5.47. The van der Waals surface area contributed by atoms with E-state index < -0.39 is 0 Å². The average molecular weight is 233 g/mol. The molecule has 1 heterocycles. The van der Waals surface area contributed by atoms with Gasteiger partial charge < -0.3 is 10.1 Å². The van der Waals surface area contributed by atoms with Crippen molar-refractivity contribution < 1.29 is 4.74 Å². The second kappa shape index (κ2) is 7.64. The molecule has 92 valence electrons. The third-order valence-corrected chi connectivity index (χ3v) is 2.31. The van der Waals surface area contributed by atoms with E-state index in [0.29, 0.717) is 30.5 Å². The van der Waals surface area contributed by atoms with Crippen molar-refractivity contribution in [1.82, 2.24) is 4.98 Å². The molecule has 0 amide bonds. The summed E-state index contributed by atoms with van der Waals surface area (Å²) in [5.41, 5.74) is 0.565. The maximum atomic E-state index is 8.86.